The smallest absolute Gasteiger partial charge is 0.319 e. The van der Waals surface area contributed by atoms with Crippen molar-refractivity contribution < 1.29 is 4.79 Å². The van der Waals surface area contributed by atoms with Crippen LogP contribution in [0.1, 0.15) is 24.4 Å². The van der Waals surface area contributed by atoms with Gasteiger partial charge in [0.1, 0.15) is 6.33 Å². The molecule has 0 spiro atoms. The van der Waals surface area contributed by atoms with Crippen molar-refractivity contribution in [1.82, 2.24) is 29.3 Å². The molecule has 3 aromatic rings. The molecule has 0 aliphatic carbocycles. The molecule has 1 aliphatic heterocycles. The number of benzene rings is 1. The van der Waals surface area contributed by atoms with Gasteiger partial charge in [0.25, 0.3) is 5.56 Å². The molecule has 1 amide bonds. The first-order valence-corrected chi connectivity index (χ1v) is 9.28. The van der Waals surface area contributed by atoms with Gasteiger partial charge in [-0.15, -0.1) is 0 Å². The fourth-order valence-corrected chi connectivity index (χ4v) is 3.72. The Hall–Kier alpha value is -3.20. The monoisotopic (exact) mass is 382 g/mol. The number of nitrogens with zero attached hydrogens (tertiary/aromatic N) is 4. The van der Waals surface area contributed by atoms with E-state index in [1.807, 2.05) is 30.3 Å². The summed E-state index contributed by atoms with van der Waals surface area (Å²) in [6.07, 6.45) is 3.59. The second-order valence-electron chi connectivity index (χ2n) is 7.05. The Labute approximate surface area is 160 Å². The first kappa shape index (κ1) is 18.2. The van der Waals surface area contributed by atoms with Gasteiger partial charge in [-0.1, -0.05) is 30.3 Å². The molecule has 2 aromatic heterocycles. The lowest BCUT2D eigenvalue weighted by Crippen LogP contribution is -2.40. The van der Waals surface area contributed by atoms with Crippen molar-refractivity contribution in [3.8, 4) is 0 Å². The van der Waals surface area contributed by atoms with Gasteiger partial charge in [0.2, 0.25) is 0 Å². The number of rotatable bonds is 4. The first-order valence-electron chi connectivity index (χ1n) is 9.28. The molecule has 9 heteroatoms. The Kier molecular flexibility index (Phi) is 4.82. The SMILES string of the molecule is CN(C(=O)n1cnc2c(=O)[nH]c(=O)[nH]c21)[C@H](CN1CCCC1)c1ccccc1. The van der Waals surface area contributed by atoms with Crippen LogP contribution >= 0.6 is 0 Å². The van der Waals surface area contributed by atoms with Crippen LogP contribution in [0.2, 0.25) is 0 Å². The van der Waals surface area contributed by atoms with Gasteiger partial charge in [0.15, 0.2) is 11.2 Å². The Bertz CT molecular complexity index is 1090. The standard InChI is InChI=1S/C19H22N6O3/c1-23(14(11-24-9-5-6-10-24)13-7-3-2-4-8-13)19(28)25-12-20-15-16(25)21-18(27)22-17(15)26/h2-4,7-8,12,14H,5-6,9-11H2,1H3,(H2,21,22,26,27)/t14-/m1/s1. The molecule has 0 bridgehead atoms. The summed E-state index contributed by atoms with van der Waals surface area (Å²) in [7, 11) is 1.73. The summed E-state index contributed by atoms with van der Waals surface area (Å²) in [5, 5.41) is 0. The van der Waals surface area contributed by atoms with E-state index in [1.165, 1.54) is 10.9 Å². The highest BCUT2D eigenvalue weighted by Crippen LogP contribution is 2.24. The van der Waals surface area contributed by atoms with Crippen LogP contribution in [0.25, 0.3) is 11.2 Å². The van der Waals surface area contributed by atoms with Crippen molar-refractivity contribution in [3.05, 3.63) is 63.1 Å². The third-order valence-corrected chi connectivity index (χ3v) is 5.23. The van der Waals surface area contributed by atoms with Gasteiger partial charge in [-0.25, -0.2) is 19.1 Å². The molecule has 1 aromatic carbocycles. The minimum atomic E-state index is -0.675. The van der Waals surface area contributed by atoms with E-state index in [0.717, 1.165) is 38.0 Å². The number of likely N-dealkylation sites (N-methyl/N-ethyl adjacent to an activating group) is 1. The van der Waals surface area contributed by atoms with Crippen LogP contribution < -0.4 is 11.2 Å². The van der Waals surface area contributed by atoms with Crippen LogP contribution in [0.4, 0.5) is 4.79 Å². The van der Waals surface area contributed by atoms with Crippen molar-refractivity contribution in [3.63, 3.8) is 0 Å². The lowest BCUT2D eigenvalue weighted by atomic mass is 10.1. The number of likely N-dealkylation sites (tertiary alicyclic amines) is 1. The maximum absolute atomic E-state index is 13.2. The summed E-state index contributed by atoms with van der Waals surface area (Å²) in [5.41, 5.74) is -0.146. The van der Waals surface area contributed by atoms with Crippen LogP contribution in [-0.2, 0) is 0 Å². The number of aromatic amines is 2. The maximum Gasteiger partial charge on any atom is 0.331 e. The molecular weight excluding hydrogens is 360 g/mol. The van der Waals surface area contributed by atoms with Gasteiger partial charge in [-0.3, -0.25) is 14.8 Å². The predicted molar refractivity (Wildman–Crippen MR) is 104 cm³/mol. The van der Waals surface area contributed by atoms with E-state index in [-0.39, 0.29) is 23.2 Å². The van der Waals surface area contributed by atoms with E-state index in [2.05, 4.69) is 19.9 Å². The van der Waals surface area contributed by atoms with Gasteiger partial charge >= 0.3 is 11.7 Å². The summed E-state index contributed by atoms with van der Waals surface area (Å²) in [6.45, 7) is 2.75. The second-order valence-corrected chi connectivity index (χ2v) is 7.05. The molecule has 146 valence electrons. The minimum Gasteiger partial charge on any atom is -0.319 e. The average molecular weight is 382 g/mol. The van der Waals surface area contributed by atoms with E-state index in [9.17, 15) is 14.4 Å². The Morgan fingerprint density at radius 3 is 2.61 bits per heavy atom. The lowest BCUT2D eigenvalue weighted by Gasteiger charge is -2.32. The highest BCUT2D eigenvalue weighted by Gasteiger charge is 2.27. The van der Waals surface area contributed by atoms with E-state index < -0.39 is 11.2 Å². The third-order valence-electron chi connectivity index (χ3n) is 5.23. The Balaban J connectivity index is 1.70. The van der Waals surface area contributed by atoms with Crippen molar-refractivity contribution in [2.45, 2.75) is 18.9 Å². The molecule has 0 unspecified atom stereocenters. The summed E-state index contributed by atoms with van der Waals surface area (Å²) >= 11 is 0. The van der Waals surface area contributed by atoms with Crippen LogP contribution in [0.3, 0.4) is 0 Å². The van der Waals surface area contributed by atoms with Gasteiger partial charge in [0.05, 0.1) is 6.04 Å². The van der Waals surface area contributed by atoms with Gasteiger partial charge in [0, 0.05) is 13.6 Å². The van der Waals surface area contributed by atoms with Crippen molar-refractivity contribution in [2.24, 2.45) is 0 Å². The van der Waals surface area contributed by atoms with E-state index in [4.69, 9.17) is 0 Å². The van der Waals surface area contributed by atoms with E-state index in [0.29, 0.717) is 0 Å². The molecule has 0 saturated carbocycles. The number of aromatic nitrogens is 4. The zero-order valence-corrected chi connectivity index (χ0v) is 15.6. The zero-order valence-electron chi connectivity index (χ0n) is 15.6. The Morgan fingerprint density at radius 1 is 1.18 bits per heavy atom. The number of nitrogens with one attached hydrogen (secondary N) is 2. The molecule has 9 nitrogen and oxygen atoms in total. The van der Waals surface area contributed by atoms with Crippen LogP contribution in [0.15, 0.2) is 46.2 Å². The Morgan fingerprint density at radius 2 is 1.89 bits per heavy atom. The third kappa shape index (κ3) is 3.36. The molecule has 1 aliphatic rings. The number of hydrogen-bond donors (Lipinski definition) is 2. The zero-order chi connectivity index (χ0) is 19.7. The lowest BCUT2D eigenvalue weighted by molar-refractivity contribution is 0.171. The largest absolute Gasteiger partial charge is 0.331 e. The number of fused-ring (bicyclic) bond motifs is 1. The molecule has 0 radical (unpaired) electrons. The molecule has 4 rings (SSSR count). The summed E-state index contributed by atoms with van der Waals surface area (Å²) in [5.74, 6) is 0. The highest BCUT2D eigenvalue weighted by atomic mass is 16.2. The average Bonchev–Trinajstić information content (AvgIpc) is 3.35. The maximum atomic E-state index is 13.2. The molecule has 1 saturated heterocycles. The number of carbonyl (C=O) groups is 1. The fraction of sp³-hybridized carbons (Fsp3) is 0.368. The number of imidazole rings is 1. The topological polar surface area (TPSA) is 107 Å². The summed E-state index contributed by atoms with van der Waals surface area (Å²) in [4.78, 5) is 49.4. The number of amides is 1. The van der Waals surface area contributed by atoms with Crippen molar-refractivity contribution in [1.29, 1.82) is 0 Å². The van der Waals surface area contributed by atoms with Gasteiger partial charge < -0.3 is 9.80 Å². The van der Waals surface area contributed by atoms with Crippen LogP contribution in [0.5, 0.6) is 0 Å². The van der Waals surface area contributed by atoms with Crippen molar-refractivity contribution >= 4 is 17.2 Å². The fourth-order valence-electron chi connectivity index (χ4n) is 3.72. The molecule has 2 N–H and O–H groups in total. The normalized spacial score (nSPS) is 15.8. The van der Waals surface area contributed by atoms with E-state index >= 15 is 0 Å². The predicted octanol–water partition coefficient (Wildman–Crippen LogP) is 1.15. The molecule has 3 heterocycles. The molecule has 1 fully saturated rings. The minimum absolute atomic E-state index is 0.0251. The second kappa shape index (κ2) is 7.43. The number of H-pyrrole nitrogens is 2. The van der Waals surface area contributed by atoms with Gasteiger partial charge in [-0.2, -0.15) is 0 Å². The highest BCUT2D eigenvalue weighted by molar-refractivity contribution is 5.86. The number of carbonyl (C=O) groups excluding carboxylic acids is 1. The quantitative estimate of drug-likeness (QED) is 0.704. The van der Waals surface area contributed by atoms with Crippen molar-refractivity contribution in [2.75, 3.05) is 26.7 Å². The van der Waals surface area contributed by atoms with Crippen LogP contribution in [0, 0.1) is 0 Å². The summed E-state index contributed by atoms with van der Waals surface area (Å²) < 4.78 is 1.21. The van der Waals surface area contributed by atoms with E-state index in [1.54, 1.807) is 11.9 Å². The number of hydrogen-bond acceptors (Lipinski definition) is 5. The summed E-state index contributed by atoms with van der Waals surface area (Å²) in [6, 6.07) is 9.32. The molecule has 1 atom stereocenters. The molecular formula is C19H22N6O3. The van der Waals surface area contributed by atoms with Crippen LogP contribution in [-0.4, -0.2) is 62.0 Å². The van der Waals surface area contributed by atoms with Gasteiger partial charge in [-0.05, 0) is 31.5 Å². The first-order chi connectivity index (χ1) is 13.5. The molecule has 28 heavy (non-hydrogen) atoms.